The molecular weight excluding hydrogens is 335 g/mol. The van der Waals surface area contributed by atoms with E-state index >= 15 is 0 Å². The molecule has 0 unspecified atom stereocenters. The lowest BCUT2D eigenvalue weighted by Crippen LogP contribution is -2.44. The van der Waals surface area contributed by atoms with Crippen molar-refractivity contribution in [2.24, 2.45) is 5.92 Å². The fourth-order valence-electron chi connectivity index (χ4n) is 3.10. The number of piperidine rings is 1. The monoisotopic (exact) mass is 353 g/mol. The predicted molar refractivity (Wildman–Crippen MR) is 86.0 cm³/mol. The van der Waals surface area contributed by atoms with E-state index in [1.54, 1.807) is 11.1 Å². The Balaban J connectivity index is 1.59. The number of alkyl halides is 3. The number of hydrogen-bond acceptors (Lipinski definition) is 2. The highest BCUT2D eigenvalue weighted by Gasteiger charge is 2.32. The number of nitrogens with one attached hydrogen (secondary N) is 2. The molecule has 1 aliphatic heterocycles. The molecule has 3 rings (SSSR count). The number of carbonyl (C=O) groups is 2. The van der Waals surface area contributed by atoms with Crippen molar-refractivity contribution in [2.45, 2.75) is 19.0 Å². The molecule has 25 heavy (non-hydrogen) atoms. The second-order valence-electron chi connectivity index (χ2n) is 6.15. The van der Waals surface area contributed by atoms with E-state index < -0.39 is 24.5 Å². The number of benzene rings is 1. The summed E-state index contributed by atoms with van der Waals surface area (Å²) in [6.45, 7) is -0.620. The first kappa shape index (κ1) is 17.3. The molecule has 1 saturated heterocycles. The summed E-state index contributed by atoms with van der Waals surface area (Å²) in [5, 5.41) is 2.75. The molecule has 1 aliphatic rings. The van der Waals surface area contributed by atoms with E-state index in [0.717, 1.165) is 10.9 Å². The minimum Gasteiger partial charge on any atom is -0.360 e. The molecule has 1 fully saturated rings. The summed E-state index contributed by atoms with van der Waals surface area (Å²) in [5.74, 6) is -1.22. The van der Waals surface area contributed by atoms with Gasteiger partial charge < -0.3 is 15.2 Å². The Morgan fingerprint density at radius 3 is 2.56 bits per heavy atom. The maximum absolute atomic E-state index is 12.7. The molecule has 0 spiro atoms. The van der Waals surface area contributed by atoms with E-state index in [-0.39, 0.29) is 5.91 Å². The van der Waals surface area contributed by atoms with Gasteiger partial charge in [0.15, 0.2) is 0 Å². The standard InChI is InChI=1S/C17H18F3N3O2/c18-17(19,20)10-22-15(24)11-5-7-23(8-6-11)16(25)13-9-21-14-4-2-1-3-12(13)14/h1-4,9,11,21H,5-8,10H2,(H,22,24). The molecule has 2 aromatic rings. The molecule has 8 heteroatoms. The number of aromatic nitrogens is 1. The first-order valence-electron chi connectivity index (χ1n) is 8.05. The van der Waals surface area contributed by atoms with E-state index in [4.69, 9.17) is 0 Å². The third-order valence-electron chi connectivity index (χ3n) is 4.44. The molecule has 0 atom stereocenters. The number of hydrogen-bond donors (Lipinski definition) is 2. The van der Waals surface area contributed by atoms with Gasteiger partial charge in [-0.15, -0.1) is 0 Å². The molecule has 1 aromatic heterocycles. The number of H-pyrrole nitrogens is 1. The van der Waals surface area contributed by atoms with Gasteiger partial charge in [-0.05, 0) is 18.9 Å². The molecule has 0 aliphatic carbocycles. The van der Waals surface area contributed by atoms with Gasteiger partial charge in [-0.2, -0.15) is 13.2 Å². The van der Waals surface area contributed by atoms with Gasteiger partial charge in [0.25, 0.3) is 5.91 Å². The van der Waals surface area contributed by atoms with E-state index in [9.17, 15) is 22.8 Å². The van der Waals surface area contributed by atoms with Gasteiger partial charge in [0.05, 0.1) is 5.56 Å². The number of amides is 2. The van der Waals surface area contributed by atoms with Crippen LogP contribution in [0.25, 0.3) is 10.9 Å². The van der Waals surface area contributed by atoms with Gasteiger partial charge in [-0.25, -0.2) is 0 Å². The van der Waals surface area contributed by atoms with E-state index in [2.05, 4.69) is 4.98 Å². The molecule has 2 amide bonds. The van der Waals surface area contributed by atoms with Gasteiger partial charge in [-0.3, -0.25) is 9.59 Å². The van der Waals surface area contributed by atoms with Crippen molar-refractivity contribution in [1.82, 2.24) is 15.2 Å². The fourth-order valence-corrected chi connectivity index (χ4v) is 3.10. The van der Waals surface area contributed by atoms with Crippen LogP contribution < -0.4 is 5.32 Å². The van der Waals surface area contributed by atoms with Crippen molar-refractivity contribution >= 4 is 22.7 Å². The van der Waals surface area contributed by atoms with Crippen LogP contribution in [-0.2, 0) is 4.79 Å². The van der Waals surface area contributed by atoms with Crippen molar-refractivity contribution in [1.29, 1.82) is 0 Å². The predicted octanol–water partition coefficient (Wildman–Crippen LogP) is 2.70. The Kier molecular flexibility index (Phi) is 4.69. The largest absolute Gasteiger partial charge is 0.405 e. The Labute approximate surface area is 142 Å². The third-order valence-corrected chi connectivity index (χ3v) is 4.44. The van der Waals surface area contributed by atoms with Crippen LogP contribution in [0.2, 0.25) is 0 Å². The maximum atomic E-state index is 12.7. The number of rotatable bonds is 3. The molecule has 2 heterocycles. The summed E-state index contributed by atoms with van der Waals surface area (Å²) in [6.07, 6.45) is -2.04. The van der Waals surface area contributed by atoms with Gasteiger partial charge >= 0.3 is 6.18 Å². The average Bonchev–Trinajstić information content (AvgIpc) is 3.02. The van der Waals surface area contributed by atoms with Gasteiger partial charge in [0, 0.05) is 36.1 Å². The average molecular weight is 353 g/mol. The van der Waals surface area contributed by atoms with Crippen molar-refractivity contribution < 1.29 is 22.8 Å². The van der Waals surface area contributed by atoms with Crippen molar-refractivity contribution in [2.75, 3.05) is 19.6 Å². The summed E-state index contributed by atoms with van der Waals surface area (Å²) in [5.41, 5.74) is 1.43. The van der Waals surface area contributed by atoms with Crippen molar-refractivity contribution in [3.05, 3.63) is 36.0 Å². The summed E-state index contributed by atoms with van der Waals surface area (Å²) in [6, 6.07) is 7.46. The molecule has 0 bridgehead atoms. The van der Waals surface area contributed by atoms with E-state index in [1.807, 2.05) is 29.6 Å². The van der Waals surface area contributed by atoms with Crippen LogP contribution >= 0.6 is 0 Å². The summed E-state index contributed by atoms with van der Waals surface area (Å²) in [7, 11) is 0. The highest BCUT2D eigenvalue weighted by atomic mass is 19.4. The Morgan fingerprint density at radius 1 is 1.20 bits per heavy atom. The zero-order chi connectivity index (χ0) is 18.0. The van der Waals surface area contributed by atoms with Crippen LogP contribution in [-0.4, -0.2) is 47.5 Å². The lowest BCUT2D eigenvalue weighted by molar-refractivity contribution is -0.141. The van der Waals surface area contributed by atoms with Crippen LogP contribution in [0.4, 0.5) is 13.2 Å². The first-order valence-corrected chi connectivity index (χ1v) is 8.05. The van der Waals surface area contributed by atoms with E-state index in [0.29, 0.717) is 31.5 Å². The maximum Gasteiger partial charge on any atom is 0.405 e. The minimum atomic E-state index is -4.42. The second kappa shape index (κ2) is 6.78. The zero-order valence-corrected chi connectivity index (χ0v) is 13.4. The van der Waals surface area contributed by atoms with Crippen LogP contribution in [0.5, 0.6) is 0 Å². The number of halogens is 3. The third kappa shape index (κ3) is 3.94. The fraction of sp³-hybridized carbons (Fsp3) is 0.412. The summed E-state index contributed by atoms with van der Waals surface area (Å²) in [4.78, 5) is 29.2. The second-order valence-corrected chi connectivity index (χ2v) is 6.15. The topological polar surface area (TPSA) is 65.2 Å². The molecule has 2 N–H and O–H groups in total. The van der Waals surface area contributed by atoms with Gasteiger partial charge in [0.2, 0.25) is 5.91 Å². The molecule has 0 saturated carbocycles. The summed E-state index contributed by atoms with van der Waals surface area (Å²) >= 11 is 0. The Bertz CT molecular complexity index is 777. The normalized spacial score (nSPS) is 16.2. The number of nitrogens with zero attached hydrogens (tertiary/aromatic N) is 1. The minimum absolute atomic E-state index is 0.133. The number of fused-ring (bicyclic) bond motifs is 1. The number of para-hydroxylation sites is 1. The van der Waals surface area contributed by atoms with Gasteiger partial charge in [-0.1, -0.05) is 18.2 Å². The highest BCUT2D eigenvalue weighted by molar-refractivity contribution is 6.06. The van der Waals surface area contributed by atoms with Crippen LogP contribution in [0.15, 0.2) is 30.5 Å². The molecule has 134 valence electrons. The zero-order valence-electron chi connectivity index (χ0n) is 13.4. The SMILES string of the molecule is O=C(NCC(F)(F)F)C1CCN(C(=O)c2c[nH]c3ccccc23)CC1. The van der Waals surface area contributed by atoms with Crippen LogP contribution in [0, 0.1) is 5.92 Å². The molecular formula is C17H18F3N3O2. The van der Waals surface area contributed by atoms with Crippen LogP contribution in [0.1, 0.15) is 23.2 Å². The van der Waals surface area contributed by atoms with Gasteiger partial charge in [0.1, 0.15) is 6.54 Å². The Morgan fingerprint density at radius 2 is 1.88 bits per heavy atom. The Hall–Kier alpha value is -2.51. The highest BCUT2D eigenvalue weighted by Crippen LogP contribution is 2.23. The lowest BCUT2D eigenvalue weighted by Gasteiger charge is -2.31. The summed E-state index contributed by atoms with van der Waals surface area (Å²) < 4.78 is 36.5. The number of carbonyl (C=O) groups excluding carboxylic acids is 2. The number of likely N-dealkylation sites (tertiary alicyclic amines) is 1. The van der Waals surface area contributed by atoms with Crippen LogP contribution in [0.3, 0.4) is 0 Å². The lowest BCUT2D eigenvalue weighted by atomic mass is 9.95. The number of aromatic amines is 1. The van der Waals surface area contributed by atoms with E-state index in [1.165, 1.54) is 0 Å². The quantitative estimate of drug-likeness (QED) is 0.891. The smallest absolute Gasteiger partial charge is 0.360 e. The molecule has 0 radical (unpaired) electrons. The van der Waals surface area contributed by atoms with Crippen molar-refractivity contribution in [3.8, 4) is 0 Å². The van der Waals surface area contributed by atoms with Crippen molar-refractivity contribution in [3.63, 3.8) is 0 Å². The molecule has 5 nitrogen and oxygen atoms in total. The molecule has 1 aromatic carbocycles. The first-order chi connectivity index (χ1) is 11.8.